The molecule has 0 saturated carbocycles. The minimum Gasteiger partial charge on any atom is -0.357 e. The maximum absolute atomic E-state index is 12.2. The Hall–Kier alpha value is -2.30. The van der Waals surface area contributed by atoms with Crippen molar-refractivity contribution in [1.82, 2.24) is 15.5 Å². The second kappa shape index (κ2) is 10.1. The number of piperidine rings is 1. The van der Waals surface area contributed by atoms with Gasteiger partial charge in [0.05, 0.1) is 12.0 Å². The molecule has 0 atom stereocenters. The van der Waals surface area contributed by atoms with E-state index < -0.39 is 5.41 Å². The number of nitrogens with one attached hydrogen (secondary N) is 2. The molecule has 0 spiro atoms. The molecular formula is C22H34N4O. The molecule has 2 N–H and O–H groups in total. The Morgan fingerprint density at radius 3 is 2.33 bits per heavy atom. The Balaban J connectivity index is 1.99. The fourth-order valence-corrected chi connectivity index (χ4v) is 3.11. The van der Waals surface area contributed by atoms with Crippen LogP contribution in [0.2, 0.25) is 0 Å². The van der Waals surface area contributed by atoms with E-state index in [4.69, 9.17) is 4.99 Å². The van der Waals surface area contributed by atoms with Gasteiger partial charge in [0.25, 0.3) is 0 Å². The first-order chi connectivity index (χ1) is 13.0. The van der Waals surface area contributed by atoms with Gasteiger partial charge in [-0.15, -0.1) is 0 Å². The third-order valence-electron chi connectivity index (χ3n) is 4.79. The first kappa shape index (κ1) is 21.0. The van der Waals surface area contributed by atoms with Crippen LogP contribution in [-0.2, 0) is 4.79 Å². The zero-order valence-corrected chi connectivity index (χ0v) is 17.2. The summed E-state index contributed by atoms with van der Waals surface area (Å²) in [6.07, 6.45) is 4.39. The highest BCUT2D eigenvalue weighted by atomic mass is 16.2. The maximum Gasteiger partial charge on any atom is 0.227 e. The molecule has 5 nitrogen and oxygen atoms in total. The minimum absolute atomic E-state index is 0.0522. The number of aliphatic imine (C=N–C) groups is 1. The largest absolute Gasteiger partial charge is 0.357 e. The van der Waals surface area contributed by atoms with Gasteiger partial charge in [0.15, 0.2) is 5.96 Å². The van der Waals surface area contributed by atoms with Crippen LogP contribution in [0.3, 0.4) is 0 Å². The fraction of sp³-hybridized carbons (Fsp3) is 0.545. The van der Waals surface area contributed by atoms with Crippen LogP contribution in [0.4, 0.5) is 0 Å². The summed E-state index contributed by atoms with van der Waals surface area (Å²) in [4.78, 5) is 19.3. The van der Waals surface area contributed by atoms with E-state index in [0.717, 1.165) is 38.4 Å². The highest BCUT2D eigenvalue weighted by molar-refractivity contribution is 5.84. The van der Waals surface area contributed by atoms with Gasteiger partial charge in [0, 0.05) is 26.2 Å². The summed E-state index contributed by atoms with van der Waals surface area (Å²) in [7, 11) is 0. The topological polar surface area (TPSA) is 56.7 Å². The number of carbonyl (C=O) groups is 1. The van der Waals surface area contributed by atoms with Crippen molar-refractivity contribution in [3.8, 4) is 0 Å². The molecule has 5 heteroatoms. The number of hydrogen-bond donors (Lipinski definition) is 2. The van der Waals surface area contributed by atoms with E-state index in [0.29, 0.717) is 13.1 Å². The summed E-state index contributed by atoms with van der Waals surface area (Å²) in [6, 6.07) is 10.5. The second-order valence-corrected chi connectivity index (χ2v) is 7.61. The third-order valence-corrected chi connectivity index (χ3v) is 4.79. The van der Waals surface area contributed by atoms with E-state index in [1.165, 1.54) is 11.1 Å². The number of guanidine groups is 1. The summed E-state index contributed by atoms with van der Waals surface area (Å²) in [6.45, 7) is 11.8. The lowest BCUT2D eigenvalue weighted by atomic mass is 9.92. The van der Waals surface area contributed by atoms with Gasteiger partial charge in [0.2, 0.25) is 5.91 Å². The monoisotopic (exact) mass is 370 g/mol. The van der Waals surface area contributed by atoms with Crippen molar-refractivity contribution in [1.29, 1.82) is 0 Å². The highest BCUT2D eigenvalue weighted by Crippen LogP contribution is 2.20. The predicted octanol–water partition coefficient (Wildman–Crippen LogP) is 3.29. The van der Waals surface area contributed by atoms with E-state index in [2.05, 4.69) is 52.8 Å². The zero-order chi connectivity index (χ0) is 19.7. The predicted molar refractivity (Wildman–Crippen MR) is 114 cm³/mol. The molecule has 1 amide bonds. The molecule has 1 aliphatic rings. The van der Waals surface area contributed by atoms with Gasteiger partial charge < -0.3 is 15.5 Å². The molecule has 1 aromatic carbocycles. The SMILES string of the molecule is CCNC(=O)C(C)(C)CN=C(NCC)N1CCC(=Cc2ccccc2)CC1. The Morgan fingerprint density at radius 1 is 1.11 bits per heavy atom. The average Bonchev–Trinajstić information content (AvgIpc) is 2.67. The van der Waals surface area contributed by atoms with Crippen LogP contribution in [-0.4, -0.2) is 49.5 Å². The molecule has 0 aliphatic carbocycles. The lowest BCUT2D eigenvalue weighted by Gasteiger charge is -2.32. The van der Waals surface area contributed by atoms with Crippen LogP contribution in [0.5, 0.6) is 0 Å². The van der Waals surface area contributed by atoms with E-state index >= 15 is 0 Å². The van der Waals surface area contributed by atoms with Crippen molar-refractivity contribution in [2.24, 2.45) is 10.4 Å². The van der Waals surface area contributed by atoms with Crippen LogP contribution in [0.25, 0.3) is 6.08 Å². The van der Waals surface area contributed by atoms with Gasteiger partial charge in [0.1, 0.15) is 0 Å². The average molecular weight is 371 g/mol. The smallest absolute Gasteiger partial charge is 0.227 e. The molecule has 2 rings (SSSR count). The van der Waals surface area contributed by atoms with Crippen LogP contribution in [0.15, 0.2) is 40.9 Å². The van der Waals surface area contributed by atoms with Crippen molar-refractivity contribution in [3.05, 3.63) is 41.5 Å². The molecule has 0 aromatic heterocycles. The number of rotatable bonds is 6. The van der Waals surface area contributed by atoms with Gasteiger partial charge >= 0.3 is 0 Å². The molecule has 1 saturated heterocycles. The summed E-state index contributed by atoms with van der Waals surface area (Å²) < 4.78 is 0. The molecule has 1 aromatic rings. The summed E-state index contributed by atoms with van der Waals surface area (Å²) >= 11 is 0. The van der Waals surface area contributed by atoms with Gasteiger partial charge in [-0.05, 0) is 46.1 Å². The normalized spacial score (nSPS) is 15.5. The van der Waals surface area contributed by atoms with E-state index in [1.807, 2.05) is 26.8 Å². The quantitative estimate of drug-likeness (QED) is 0.597. The number of carbonyl (C=O) groups excluding carboxylic acids is 1. The van der Waals surface area contributed by atoms with Crippen molar-refractivity contribution in [3.63, 3.8) is 0 Å². The van der Waals surface area contributed by atoms with Gasteiger partial charge in [-0.2, -0.15) is 0 Å². The van der Waals surface area contributed by atoms with Gasteiger partial charge in [-0.3, -0.25) is 9.79 Å². The lowest BCUT2D eigenvalue weighted by molar-refractivity contribution is -0.128. The fourth-order valence-electron chi connectivity index (χ4n) is 3.11. The molecule has 0 unspecified atom stereocenters. The van der Waals surface area contributed by atoms with Crippen LogP contribution >= 0.6 is 0 Å². The molecule has 1 aliphatic heterocycles. The number of hydrogen-bond acceptors (Lipinski definition) is 2. The van der Waals surface area contributed by atoms with Crippen molar-refractivity contribution in [2.45, 2.75) is 40.5 Å². The number of nitrogens with zero attached hydrogens (tertiary/aromatic N) is 2. The molecular weight excluding hydrogens is 336 g/mol. The van der Waals surface area contributed by atoms with Crippen LogP contribution in [0.1, 0.15) is 46.1 Å². The first-order valence-electron chi connectivity index (χ1n) is 10.0. The molecule has 0 bridgehead atoms. The van der Waals surface area contributed by atoms with Crippen molar-refractivity contribution < 1.29 is 4.79 Å². The molecule has 1 fully saturated rings. The van der Waals surface area contributed by atoms with E-state index in [9.17, 15) is 4.79 Å². The molecule has 148 valence electrons. The Kier molecular flexibility index (Phi) is 7.89. The molecule has 1 heterocycles. The number of benzene rings is 1. The second-order valence-electron chi connectivity index (χ2n) is 7.61. The summed E-state index contributed by atoms with van der Waals surface area (Å²) in [5.74, 6) is 0.963. The Labute approximate surface area is 163 Å². The Bertz CT molecular complexity index is 654. The van der Waals surface area contributed by atoms with Crippen LogP contribution in [0, 0.1) is 5.41 Å². The number of amides is 1. The summed E-state index contributed by atoms with van der Waals surface area (Å²) in [5.41, 5.74) is 2.24. The highest BCUT2D eigenvalue weighted by Gasteiger charge is 2.27. The minimum atomic E-state index is -0.509. The summed E-state index contributed by atoms with van der Waals surface area (Å²) in [5, 5.41) is 6.29. The molecule has 27 heavy (non-hydrogen) atoms. The first-order valence-corrected chi connectivity index (χ1v) is 10.0. The van der Waals surface area contributed by atoms with E-state index in [-0.39, 0.29) is 5.91 Å². The third kappa shape index (κ3) is 6.42. The zero-order valence-electron chi connectivity index (χ0n) is 17.2. The maximum atomic E-state index is 12.2. The van der Waals surface area contributed by atoms with Gasteiger partial charge in [-0.25, -0.2) is 0 Å². The molecule has 0 radical (unpaired) electrons. The van der Waals surface area contributed by atoms with E-state index in [1.54, 1.807) is 0 Å². The van der Waals surface area contributed by atoms with Crippen LogP contribution < -0.4 is 10.6 Å². The standard InChI is InChI=1S/C22H34N4O/c1-5-23-20(27)22(3,4)17-25-21(24-6-2)26-14-12-19(13-15-26)16-18-10-8-7-9-11-18/h7-11,16H,5-6,12-15,17H2,1-4H3,(H,23,27)(H,24,25). The lowest BCUT2D eigenvalue weighted by Crippen LogP contribution is -2.46. The Morgan fingerprint density at radius 2 is 1.74 bits per heavy atom. The van der Waals surface area contributed by atoms with Crippen molar-refractivity contribution in [2.75, 3.05) is 32.7 Å². The van der Waals surface area contributed by atoms with Gasteiger partial charge in [-0.1, -0.05) is 42.0 Å². The van der Waals surface area contributed by atoms with Crippen molar-refractivity contribution >= 4 is 17.9 Å². The number of likely N-dealkylation sites (tertiary alicyclic amines) is 1.